The highest BCUT2D eigenvalue weighted by molar-refractivity contribution is 5.17. The average molecular weight is 207 g/mol. The summed E-state index contributed by atoms with van der Waals surface area (Å²) in [5.41, 5.74) is 8.21. The first-order chi connectivity index (χ1) is 7.11. The molecule has 0 heterocycles. The smallest absolute Gasteiger partial charge is 0.123 e. The minimum atomic E-state index is -0.203. The van der Waals surface area contributed by atoms with Gasteiger partial charge in [-0.2, -0.15) is 0 Å². The van der Waals surface area contributed by atoms with Crippen molar-refractivity contribution in [1.29, 1.82) is 0 Å². The number of halogens is 1. The summed E-state index contributed by atoms with van der Waals surface area (Å²) in [5.74, 6) is -0.203. The predicted octanol–water partition coefficient (Wildman–Crippen LogP) is 3.05. The molecule has 0 aliphatic rings. The number of hydrogen-bond donors (Lipinski definition) is 1. The van der Waals surface area contributed by atoms with Crippen molar-refractivity contribution in [1.82, 2.24) is 0 Å². The first-order valence-electron chi connectivity index (χ1n) is 5.28. The van der Waals surface area contributed by atoms with Gasteiger partial charge in [0.15, 0.2) is 0 Å². The lowest BCUT2D eigenvalue weighted by atomic mass is 9.99. The van der Waals surface area contributed by atoms with Crippen molar-refractivity contribution in [2.75, 3.05) is 0 Å². The number of hydrogen-bond acceptors (Lipinski definition) is 1. The minimum Gasteiger partial charge on any atom is -0.327 e. The Kier molecular flexibility index (Phi) is 4.50. The van der Waals surface area contributed by atoms with Crippen LogP contribution in [0.15, 0.2) is 36.4 Å². The van der Waals surface area contributed by atoms with Crippen LogP contribution in [0.1, 0.15) is 25.3 Å². The quantitative estimate of drug-likeness (QED) is 0.738. The molecule has 2 heteroatoms. The van der Waals surface area contributed by atoms with Crippen LogP contribution in [0.4, 0.5) is 4.39 Å². The molecule has 15 heavy (non-hydrogen) atoms. The van der Waals surface area contributed by atoms with Gasteiger partial charge in [0, 0.05) is 6.04 Å². The van der Waals surface area contributed by atoms with E-state index in [2.05, 4.69) is 13.5 Å². The van der Waals surface area contributed by atoms with Crippen LogP contribution in [-0.2, 0) is 6.42 Å². The molecule has 0 fully saturated rings. The van der Waals surface area contributed by atoms with Gasteiger partial charge in [-0.15, -0.1) is 0 Å². The first kappa shape index (κ1) is 11.9. The number of nitrogens with two attached hydrogens (primary N) is 1. The standard InChI is InChI=1S/C13H18FN/c1-3-10(2)8-13(15)9-11-4-6-12(14)7-5-11/h4-7,13H,2-3,8-9,15H2,1H3. The van der Waals surface area contributed by atoms with Gasteiger partial charge in [-0.25, -0.2) is 4.39 Å². The fourth-order valence-electron chi connectivity index (χ4n) is 1.51. The van der Waals surface area contributed by atoms with Gasteiger partial charge >= 0.3 is 0 Å². The molecule has 0 saturated carbocycles. The lowest BCUT2D eigenvalue weighted by Gasteiger charge is -2.12. The molecular formula is C13H18FN. The van der Waals surface area contributed by atoms with Gasteiger partial charge in [-0.1, -0.05) is 31.2 Å². The van der Waals surface area contributed by atoms with Gasteiger partial charge in [0.1, 0.15) is 5.82 Å². The molecule has 1 aromatic rings. The van der Waals surface area contributed by atoms with E-state index in [0.717, 1.165) is 24.8 Å². The topological polar surface area (TPSA) is 26.0 Å². The SMILES string of the molecule is C=C(CC)CC(N)Cc1ccc(F)cc1. The molecule has 2 N–H and O–H groups in total. The molecule has 82 valence electrons. The summed E-state index contributed by atoms with van der Waals surface area (Å²) >= 11 is 0. The Hall–Kier alpha value is -1.15. The molecule has 1 rings (SSSR count). The maximum atomic E-state index is 12.6. The van der Waals surface area contributed by atoms with Crippen molar-refractivity contribution in [3.8, 4) is 0 Å². The normalized spacial score (nSPS) is 12.5. The zero-order valence-corrected chi connectivity index (χ0v) is 9.17. The highest BCUT2D eigenvalue weighted by Gasteiger charge is 2.05. The van der Waals surface area contributed by atoms with Crippen LogP contribution in [0.3, 0.4) is 0 Å². The maximum Gasteiger partial charge on any atom is 0.123 e. The monoisotopic (exact) mass is 207 g/mol. The van der Waals surface area contributed by atoms with Crippen LogP contribution < -0.4 is 5.73 Å². The molecule has 1 aromatic carbocycles. The summed E-state index contributed by atoms with van der Waals surface area (Å²) in [7, 11) is 0. The van der Waals surface area contributed by atoms with Crippen LogP contribution in [0.25, 0.3) is 0 Å². The van der Waals surface area contributed by atoms with E-state index in [0.29, 0.717) is 0 Å². The Morgan fingerprint density at radius 2 is 2.00 bits per heavy atom. The average Bonchev–Trinajstić information content (AvgIpc) is 2.21. The predicted molar refractivity (Wildman–Crippen MR) is 62.1 cm³/mol. The molecule has 1 nitrogen and oxygen atoms in total. The van der Waals surface area contributed by atoms with Gasteiger partial charge in [0.05, 0.1) is 0 Å². The molecule has 0 saturated heterocycles. The van der Waals surface area contributed by atoms with Crippen molar-refractivity contribution in [2.24, 2.45) is 5.73 Å². The summed E-state index contributed by atoms with van der Waals surface area (Å²) in [4.78, 5) is 0. The minimum absolute atomic E-state index is 0.0860. The molecule has 0 bridgehead atoms. The maximum absolute atomic E-state index is 12.6. The van der Waals surface area contributed by atoms with Crippen molar-refractivity contribution < 1.29 is 4.39 Å². The molecule has 1 unspecified atom stereocenters. The molecule has 0 aliphatic carbocycles. The van der Waals surface area contributed by atoms with Gasteiger partial charge in [-0.3, -0.25) is 0 Å². The fraction of sp³-hybridized carbons (Fsp3) is 0.385. The van der Waals surface area contributed by atoms with Crippen LogP contribution in [-0.4, -0.2) is 6.04 Å². The molecular weight excluding hydrogens is 189 g/mol. The summed E-state index contributed by atoms with van der Waals surface area (Å²) in [6, 6.07) is 6.59. The van der Waals surface area contributed by atoms with E-state index in [1.54, 1.807) is 12.1 Å². The summed E-state index contributed by atoms with van der Waals surface area (Å²) < 4.78 is 12.6. The molecule has 0 radical (unpaired) electrons. The third kappa shape index (κ3) is 4.26. The lowest BCUT2D eigenvalue weighted by molar-refractivity contribution is 0.622. The highest BCUT2D eigenvalue weighted by Crippen LogP contribution is 2.11. The Morgan fingerprint density at radius 3 is 2.53 bits per heavy atom. The zero-order chi connectivity index (χ0) is 11.3. The van der Waals surface area contributed by atoms with E-state index < -0.39 is 0 Å². The summed E-state index contributed by atoms with van der Waals surface area (Å²) in [6.07, 6.45) is 2.59. The van der Waals surface area contributed by atoms with Crippen molar-refractivity contribution in [2.45, 2.75) is 32.2 Å². The van der Waals surface area contributed by atoms with Crippen LogP contribution in [0, 0.1) is 5.82 Å². The second-order valence-corrected chi connectivity index (χ2v) is 3.90. The molecule has 0 aliphatic heterocycles. The Labute approximate surface area is 90.8 Å². The second-order valence-electron chi connectivity index (χ2n) is 3.90. The van der Waals surface area contributed by atoms with Crippen LogP contribution >= 0.6 is 0 Å². The van der Waals surface area contributed by atoms with E-state index in [-0.39, 0.29) is 11.9 Å². The van der Waals surface area contributed by atoms with Crippen LogP contribution in [0.5, 0.6) is 0 Å². The van der Waals surface area contributed by atoms with E-state index in [4.69, 9.17) is 5.73 Å². The Balaban J connectivity index is 2.47. The molecule has 0 spiro atoms. The van der Waals surface area contributed by atoms with E-state index in [1.165, 1.54) is 17.7 Å². The van der Waals surface area contributed by atoms with Gasteiger partial charge in [0.2, 0.25) is 0 Å². The van der Waals surface area contributed by atoms with Crippen LogP contribution in [0.2, 0.25) is 0 Å². The number of rotatable bonds is 5. The van der Waals surface area contributed by atoms with E-state index in [9.17, 15) is 4.39 Å². The van der Waals surface area contributed by atoms with Gasteiger partial charge < -0.3 is 5.73 Å². The summed E-state index contributed by atoms with van der Waals surface area (Å²) in [5, 5.41) is 0. The van der Waals surface area contributed by atoms with Crippen molar-refractivity contribution >= 4 is 0 Å². The highest BCUT2D eigenvalue weighted by atomic mass is 19.1. The first-order valence-corrected chi connectivity index (χ1v) is 5.28. The Bertz CT molecular complexity index is 316. The third-order valence-electron chi connectivity index (χ3n) is 2.46. The van der Waals surface area contributed by atoms with Gasteiger partial charge in [-0.05, 0) is 37.0 Å². The van der Waals surface area contributed by atoms with E-state index >= 15 is 0 Å². The molecule has 0 aromatic heterocycles. The fourth-order valence-corrected chi connectivity index (χ4v) is 1.51. The largest absolute Gasteiger partial charge is 0.327 e. The van der Waals surface area contributed by atoms with Gasteiger partial charge in [0.25, 0.3) is 0 Å². The Morgan fingerprint density at radius 1 is 1.40 bits per heavy atom. The second kappa shape index (κ2) is 5.66. The zero-order valence-electron chi connectivity index (χ0n) is 9.17. The van der Waals surface area contributed by atoms with Crippen molar-refractivity contribution in [3.05, 3.63) is 47.8 Å². The van der Waals surface area contributed by atoms with E-state index in [1.807, 2.05) is 0 Å². The van der Waals surface area contributed by atoms with Crippen molar-refractivity contribution in [3.63, 3.8) is 0 Å². The lowest BCUT2D eigenvalue weighted by Crippen LogP contribution is -2.23. The third-order valence-corrected chi connectivity index (χ3v) is 2.46. The number of benzene rings is 1. The summed E-state index contributed by atoms with van der Waals surface area (Å²) in [6.45, 7) is 6.01. The molecule has 1 atom stereocenters. The molecule has 0 amide bonds.